The summed E-state index contributed by atoms with van der Waals surface area (Å²) < 4.78 is 61.0. The van der Waals surface area contributed by atoms with Crippen LogP contribution in [0.3, 0.4) is 0 Å². The molecule has 0 heterocycles. The first kappa shape index (κ1) is 15.8. The quantitative estimate of drug-likeness (QED) is 0.845. The number of hydrogen-bond acceptors (Lipinski definition) is 3. The number of nitrogens with two attached hydrogens (primary N) is 1. The van der Waals surface area contributed by atoms with Gasteiger partial charge in [0.05, 0.1) is 5.75 Å². The van der Waals surface area contributed by atoms with E-state index in [9.17, 15) is 21.6 Å². The van der Waals surface area contributed by atoms with E-state index in [0.717, 1.165) is 5.56 Å². The Morgan fingerprint density at radius 2 is 1.74 bits per heavy atom. The number of nitrogens with one attached hydrogen (secondary N) is 1. The lowest BCUT2D eigenvalue weighted by atomic mass is 10.2. The number of rotatable bonds is 6. The van der Waals surface area contributed by atoms with Crippen molar-refractivity contribution < 1.29 is 21.6 Å². The molecule has 0 saturated carbocycles. The third kappa shape index (κ3) is 6.44. The highest BCUT2D eigenvalue weighted by atomic mass is 32.2. The summed E-state index contributed by atoms with van der Waals surface area (Å²) in [6.07, 6.45) is -5.90. The number of alkyl halides is 3. The first-order chi connectivity index (χ1) is 8.72. The molecule has 0 unspecified atom stereocenters. The van der Waals surface area contributed by atoms with Crippen molar-refractivity contribution in [2.75, 3.05) is 10.5 Å². The molecule has 0 aliphatic carbocycles. The summed E-state index contributed by atoms with van der Waals surface area (Å²) in [5.74, 6) is -0.564. The SMILES string of the molecule is NCc1ccc(NS(=O)(=O)CCCC(F)(F)F)cc1. The van der Waals surface area contributed by atoms with Gasteiger partial charge in [-0.2, -0.15) is 13.2 Å². The van der Waals surface area contributed by atoms with Crippen LogP contribution in [-0.2, 0) is 16.6 Å². The second-order valence-electron chi connectivity index (χ2n) is 4.04. The zero-order valence-corrected chi connectivity index (χ0v) is 10.9. The minimum absolute atomic E-state index is 0.309. The Kier molecular flexibility index (Phi) is 5.19. The van der Waals surface area contributed by atoms with E-state index in [1.165, 1.54) is 12.1 Å². The van der Waals surface area contributed by atoms with E-state index < -0.39 is 34.8 Å². The fraction of sp³-hybridized carbons (Fsp3) is 0.455. The van der Waals surface area contributed by atoms with E-state index in [1.54, 1.807) is 12.1 Å². The monoisotopic (exact) mass is 296 g/mol. The van der Waals surface area contributed by atoms with Crippen LogP contribution in [0.15, 0.2) is 24.3 Å². The van der Waals surface area contributed by atoms with Gasteiger partial charge >= 0.3 is 6.18 Å². The lowest BCUT2D eigenvalue weighted by Crippen LogP contribution is -2.18. The third-order valence-corrected chi connectivity index (χ3v) is 3.71. The molecule has 0 bridgehead atoms. The molecule has 1 rings (SSSR count). The molecule has 3 N–H and O–H groups in total. The summed E-state index contributed by atoms with van der Waals surface area (Å²) in [7, 11) is -3.76. The van der Waals surface area contributed by atoms with E-state index in [1.807, 2.05) is 0 Å². The smallest absolute Gasteiger partial charge is 0.326 e. The van der Waals surface area contributed by atoms with E-state index in [2.05, 4.69) is 4.72 Å². The summed E-state index contributed by atoms with van der Waals surface area (Å²) in [5, 5.41) is 0. The fourth-order valence-corrected chi connectivity index (χ4v) is 2.52. The average Bonchev–Trinajstić information content (AvgIpc) is 2.27. The maximum absolute atomic E-state index is 11.9. The molecule has 0 aliphatic rings. The van der Waals surface area contributed by atoms with Crippen LogP contribution in [0.4, 0.5) is 18.9 Å². The van der Waals surface area contributed by atoms with Crippen LogP contribution in [0.1, 0.15) is 18.4 Å². The van der Waals surface area contributed by atoms with Gasteiger partial charge in [-0.3, -0.25) is 4.72 Å². The highest BCUT2D eigenvalue weighted by molar-refractivity contribution is 7.92. The molecule has 4 nitrogen and oxygen atoms in total. The van der Waals surface area contributed by atoms with Gasteiger partial charge in [-0.15, -0.1) is 0 Å². The van der Waals surface area contributed by atoms with Crippen molar-refractivity contribution in [3.8, 4) is 0 Å². The molecule has 1 aromatic rings. The number of hydrogen-bond donors (Lipinski definition) is 2. The maximum Gasteiger partial charge on any atom is 0.389 e. The molecule has 1 aromatic carbocycles. The van der Waals surface area contributed by atoms with Gasteiger partial charge in [0.2, 0.25) is 10.0 Å². The van der Waals surface area contributed by atoms with Gasteiger partial charge < -0.3 is 5.73 Å². The van der Waals surface area contributed by atoms with E-state index in [0.29, 0.717) is 12.2 Å². The lowest BCUT2D eigenvalue weighted by Gasteiger charge is -2.09. The maximum atomic E-state index is 11.9. The Hall–Kier alpha value is -1.28. The Morgan fingerprint density at radius 3 is 2.21 bits per heavy atom. The van der Waals surface area contributed by atoms with Gasteiger partial charge in [0.15, 0.2) is 0 Å². The Morgan fingerprint density at radius 1 is 1.16 bits per heavy atom. The van der Waals surface area contributed by atoms with Gasteiger partial charge in [0.25, 0.3) is 0 Å². The van der Waals surface area contributed by atoms with E-state index in [4.69, 9.17) is 5.73 Å². The Balaban J connectivity index is 2.54. The van der Waals surface area contributed by atoms with Crippen molar-refractivity contribution in [2.45, 2.75) is 25.6 Å². The molecule has 0 aliphatic heterocycles. The van der Waals surface area contributed by atoms with Crippen LogP contribution in [-0.4, -0.2) is 20.3 Å². The zero-order chi connectivity index (χ0) is 14.5. The van der Waals surface area contributed by atoms with Crippen LogP contribution in [0.25, 0.3) is 0 Å². The summed E-state index contributed by atoms with van der Waals surface area (Å²) >= 11 is 0. The minimum Gasteiger partial charge on any atom is -0.326 e. The fourth-order valence-electron chi connectivity index (χ4n) is 1.40. The van der Waals surface area contributed by atoms with Crippen LogP contribution < -0.4 is 10.5 Å². The molecule has 0 aromatic heterocycles. The molecular formula is C11H15F3N2O2S. The van der Waals surface area contributed by atoms with Crippen molar-refractivity contribution in [1.82, 2.24) is 0 Å². The predicted molar refractivity (Wildman–Crippen MR) is 67.0 cm³/mol. The van der Waals surface area contributed by atoms with Crippen LogP contribution in [0.2, 0.25) is 0 Å². The topological polar surface area (TPSA) is 72.2 Å². The number of anilines is 1. The van der Waals surface area contributed by atoms with Gasteiger partial charge in [-0.25, -0.2) is 8.42 Å². The third-order valence-electron chi connectivity index (χ3n) is 2.34. The molecule has 0 atom stereocenters. The van der Waals surface area contributed by atoms with Crippen molar-refractivity contribution >= 4 is 15.7 Å². The second-order valence-corrected chi connectivity index (χ2v) is 5.88. The van der Waals surface area contributed by atoms with Crippen molar-refractivity contribution in [2.24, 2.45) is 5.73 Å². The number of halogens is 3. The minimum atomic E-state index is -4.34. The molecule has 0 radical (unpaired) electrons. The molecule has 8 heteroatoms. The largest absolute Gasteiger partial charge is 0.389 e. The van der Waals surface area contributed by atoms with Crippen molar-refractivity contribution in [1.29, 1.82) is 0 Å². The van der Waals surface area contributed by atoms with Crippen LogP contribution >= 0.6 is 0 Å². The highest BCUT2D eigenvalue weighted by Crippen LogP contribution is 2.22. The van der Waals surface area contributed by atoms with Crippen LogP contribution in [0, 0.1) is 0 Å². The standard InChI is InChI=1S/C11H15F3N2O2S/c12-11(13,14)6-1-7-19(17,18)16-10-4-2-9(8-15)3-5-10/h2-5,16H,1,6-8,15H2. The highest BCUT2D eigenvalue weighted by Gasteiger charge is 2.27. The van der Waals surface area contributed by atoms with E-state index in [-0.39, 0.29) is 0 Å². The summed E-state index contributed by atoms with van der Waals surface area (Å²) in [6, 6.07) is 6.33. The van der Waals surface area contributed by atoms with Gasteiger partial charge in [0, 0.05) is 18.7 Å². The summed E-state index contributed by atoms with van der Waals surface area (Å²) in [5.41, 5.74) is 6.53. The van der Waals surface area contributed by atoms with Gasteiger partial charge in [0.1, 0.15) is 0 Å². The Labute approximate surface area is 109 Å². The normalized spacial score (nSPS) is 12.4. The van der Waals surface area contributed by atoms with Gasteiger partial charge in [-0.05, 0) is 24.1 Å². The van der Waals surface area contributed by atoms with Crippen LogP contribution in [0.5, 0.6) is 0 Å². The molecule has 0 fully saturated rings. The molecule has 0 amide bonds. The average molecular weight is 296 g/mol. The number of sulfonamides is 1. The predicted octanol–water partition coefficient (Wildman–Crippen LogP) is 2.23. The molecule has 0 spiro atoms. The van der Waals surface area contributed by atoms with Crippen molar-refractivity contribution in [3.05, 3.63) is 29.8 Å². The summed E-state index contributed by atoms with van der Waals surface area (Å²) in [6.45, 7) is 0.332. The molecule has 0 saturated heterocycles. The lowest BCUT2D eigenvalue weighted by molar-refractivity contribution is -0.134. The first-order valence-corrected chi connectivity index (χ1v) is 7.23. The second kappa shape index (κ2) is 6.25. The zero-order valence-electron chi connectivity index (χ0n) is 10.1. The first-order valence-electron chi connectivity index (χ1n) is 5.58. The van der Waals surface area contributed by atoms with E-state index >= 15 is 0 Å². The van der Waals surface area contributed by atoms with Crippen molar-refractivity contribution in [3.63, 3.8) is 0 Å². The number of benzene rings is 1. The molecule has 108 valence electrons. The Bertz CT molecular complexity index is 498. The molecule has 19 heavy (non-hydrogen) atoms. The molecular weight excluding hydrogens is 281 g/mol. The van der Waals surface area contributed by atoms with Gasteiger partial charge in [-0.1, -0.05) is 12.1 Å². The summed E-state index contributed by atoms with van der Waals surface area (Å²) in [4.78, 5) is 0.